The first-order chi connectivity index (χ1) is 13.0. The van der Waals surface area contributed by atoms with Gasteiger partial charge in [-0.25, -0.2) is 22.0 Å². The molecule has 28 heavy (non-hydrogen) atoms. The number of sulfonamides is 2. The van der Waals surface area contributed by atoms with E-state index >= 15 is 0 Å². The monoisotopic (exact) mass is 427 g/mol. The summed E-state index contributed by atoms with van der Waals surface area (Å²) < 4.78 is 56.8. The highest BCUT2D eigenvalue weighted by atomic mass is 32.2. The van der Waals surface area contributed by atoms with Crippen LogP contribution in [-0.2, 0) is 27.1 Å². The van der Waals surface area contributed by atoms with Crippen LogP contribution in [0.5, 0.6) is 5.75 Å². The maximum atomic E-state index is 12.8. The van der Waals surface area contributed by atoms with Gasteiger partial charge in [0.15, 0.2) is 0 Å². The van der Waals surface area contributed by atoms with Crippen LogP contribution in [0.15, 0.2) is 51.0 Å². The number of primary sulfonamides is 1. The molecule has 11 heteroatoms. The Morgan fingerprint density at radius 2 is 1.68 bits per heavy atom. The van der Waals surface area contributed by atoms with Gasteiger partial charge < -0.3 is 9.30 Å². The molecule has 3 rings (SSSR count). The van der Waals surface area contributed by atoms with Crippen molar-refractivity contribution in [1.29, 1.82) is 0 Å². The van der Waals surface area contributed by atoms with E-state index < -0.39 is 20.0 Å². The van der Waals surface area contributed by atoms with Crippen molar-refractivity contribution >= 4 is 20.0 Å². The lowest BCUT2D eigenvalue weighted by molar-refractivity contribution is 0.214. The fourth-order valence-corrected chi connectivity index (χ4v) is 4.96. The summed E-state index contributed by atoms with van der Waals surface area (Å²) in [5, 5.41) is 5.03. The minimum absolute atomic E-state index is 0.0232. The lowest BCUT2D eigenvalue weighted by Crippen LogP contribution is -2.31. The lowest BCUT2D eigenvalue weighted by atomic mass is 10.3. The largest absolute Gasteiger partial charge is 0.489 e. The van der Waals surface area contributed by atoms with Gasteiger partial charge in [-0.05, 0) is 43.7 Å². The smallest absolute Gasteiger partial charge is 0.254 e. The normalized spacial score (nSPS) is 18.3. The average molecular weight is 428 g/mol. The molecule has 1 aromatic heterocycles. The molecule has 0 bridgehead atoms. The summed E-state index contributed by atoms with van der Waals surface area (Å²) in [7, 11) is -6.03. The van der Waals surface area contributed by atoms with Crippen LogP contribution in [0.2, 0.25) is 0 Å². The lowest BCUT2D eigenvalue weighted by Gasteiger charge is -2.18. The number of nitrogens with zero attached hydrogens (tertiary/aromatic N) is 2. The molecule has 9 nitrogen and oxygen atoms in total. The van der Waals surface area contributed by atoms with Gasteiger partial charge in [0.05, 0.1) is 16.3 Å². The van der Waals surface area contributed by atoms with Gasteiger partial charge in [0.2, 0.25) is 20.0 Å². The molecule has 0 radical (unpaired) electrons. The Bertz CT molecular complexity index is 1150. The molecule has 1 aromatic carbocycles. The summed E-state index contributed by atoms with van der Waals surface area (Å²) in [5.41, 5.74) is 0.535. The molecule has 0 spiro atoms. The van der Waals surface area contributed by atoms with Crippen molar-refractivity contribution in [3.63, 3.8) is 0 Å². The molecule has 1 atom stereocenters. The summed E-state index contributed by atoms with van der Waals surface area (Å²) in [6, 6.07) is 7.85. The minimum atomic E-state index is -3.89. The zero-order chi connectivity index (χ0) is 20.7. The molecular formula is C17H21N3O6S2. The number of hydrogen-bond donors (Lipinski definition) is 1. The van der Waals surface area contributed by atoms with Gasteiger partial charge in [0.25, 0.3) is 5.56 Å². The van der Waals surface area contributed by atoms with Crippen molar-refractivity contribution in [3.8, 4) is 5.75 Å². The third-order valence-electron chi connectivity index (χ3n) is 4.68. The molecule has 1 fully saturated rings. The molecule has 1 saturated heterocycles. The highest BCUT2D eigenvalue weighted by Gasteiger charge is 2.34. The van der Waals surface area contributed by atoms with Crippen LogP contribution in [0.25, 0.3) is 0 Å². The number of aromatic nitrogens is 1. The first-order valence-corrected chi connectivity index (χ1v) is 11.4. The second-order valence-corrected chi connectivity index (χ2v) is 10.1. The van der Waals surface area contributed by atoms with Gasteiger partial charge in [-0.3, -0.25) is 4.79 Å². The van der Waals surface area contributed by atoms with Crippen molar-refractivity contribution in [2.24, 2.45) is 12.2 Å². The predicted octanol–water partition coefficient (Wildman–Crippen LogP) is 0.183. The number of benzene rings is 1. The molecule has 152 valence electrons. The Hall–Kier alpha value is -2.21. The maximum absolute atomic E-state index is 12.8. The Kier molecular flexibility index (Phi) is 5.36. The zero-order valence-electron chi connectivity index (χ0n) is 15.4. The molecule has 0 saturated carbocycles. The first kappa shape index (κ1) is 20.5. The summed E-state index contributed by atoms with van der Waals surface area (Å²) in [5.74, 6) is 0.405. The summed E-state index contributed by atoms with van der Waals surface area (Å²) >= 11 is 0. The third-order valence-corrected chi connectivity index (χ3v) is 7.49. The molecule has 1 aliphatic heterocycles. The van der Waals surface area contributed by atoms with E-state index in [-0.39, 0.29) is 34.5 Å². The van der Waals surface area contributed by atoms with Gasteiger partial charge in [-0.15, -0.1) is 0 Å². The van der Waals surface area contributed by atoms with Gasteiger partial charge in [-0.2, -0.15) is 4.31 Å². The Labute approximate surface area is 163 Å². The van der Waals surface area contributed by atoms with E-state index in [1.54, 1.807) is 20.0 Å². The van der Waals surface area contributed by atoms with Crippen LogP contribution in [0.3, 0.4) is 0 Å². The predicted molar refractivity (Wildman–Crippen MR) is 102 cm³/mol. The standard InChI is InChI=1S/C17H21N3O6S2/c1-12-9-14(10-17(21)19(12)2)26-13-7-8-20(11-13)28(24,25)16-5-3-15(4-6-16)27(18,22)23/h3-6,9-10,13H,7-8,11H2,1-2H3,(H2,18,22,23). The molecule has 1 aliphatic rings. The van der Waals surface area contributed by atoms with Crippen LogP contribution in [0, 0.1) is 6.92 Å². The number of ether oxygens (including phenoxy) is 1. The average Bonchev–Trinajstić information content (AvgIpc) is 3.08. The van der Waals surface area contributed by atoms with E-state index in [0.29, 0.717) is 12.2 Å². The van der Waals surface area contributed by atoms with Crippen LogP contribution in [0.4, 0.5) is 0 Å². The van der Waals surface area contributed by atoms with E-state index in [2.05, 4.69) is 0 Å². The number of aryl methyl sites for hydroxylation is 1. The zero-order valence-corrected chi connectivity index (χ0v) is 17.0. The molecule has 1 unspecified atom stereocenters. The van der Waals surface area contributed by atoms with E-state index in [9.17, 15) is 21.6 Å². The molecule has 2 heterocycles. The molecule has 2 aromatic rings. The highest BCUT2D eigenvalue weighted by Crippen LogP contribution is 2.24. The van der Waals surface area contributed by atoms with Crippen molar-refractivity contribution in [1.82, 2.24) is 8.87 Å². The summed E-state index contributed by atoms with van der Waals surface area (Å²) in [4.78, 5) is 11.7. The number of hydrogen-bond acceptors (Lipinski definition) is 6. The van der Waals surface area contributed by atoms with Gasteiger partial charge in [0, 0.05) is 25.4 Å². The Morgan fingerprint density at radius 3 is 2.25 bits per heavy atom. The first-order valence-electron chi connectivity index (χ1n) is 8.46. The summed E-state index contributed by atoms with van der Waals surface area (Å²) in [6.07, 6.45) is 0.0907. The van der Waals surface area contributed by atoms with Crippen LogP contribution in [-0.4, -0.2) is 44.9 Å². The Morgan fingerprint density at radius 1 is 1.07 bits per heavy atom. The van der Waals surface area contributed by atoms with Crippen molar-refractivity contribution in [3.05, 3.63) is 52.4 Å². The van der Waals surface area contributed by atoms with Crippen molar-refractivity contribution < 1.29 is 21.6 Å². The van der Waals surface area contributed by atoms with E-state index in [4.69, 9.17) is 9.88 Å². The second kappa shape index (κ2) is 7.32. The highest BCUT2D eigenvalue weighted by molar-refractivity contribution is 7.89. The Balaban J connectivity index is 1.74. The van der Waals surface area contributed by atoms with Crippen LogP contribution >= 0.6 is 0 Å². The number of rotatable bonds is 5. The fourth-order valence-electron chi connectivity index (χ4n) is 2.96. The molecule has 2 N–H and O–H groups in total. The van der Waals surface area contributed by atoms with Crippen molar-refractivity contribution in [2.75, 3.05) is 13.1 Å². The van der Waals surface area contributed by atoms with Crippen molar-refractivity contribution in [2.45, 2.75) is 29.2 Å². The molecular weight excluding hydrogens is 406 g/mol. The van der Waals surface area contributed by atoms with Crippen LogP contribution in [0.1, 0.15) is 12.1 Å². The minimum Gasteiger partial charge on any atom is -0.489 e. The van der Waals surface area contributed by atoms with Gasteiger partial charge >= 0.3 is 0 Å². The molecule has 0 aliphatic carbocycles. The number of pyridine rings is 1. The molecule has 0 amide bonds. The van der Waals surface area contributed by atoms with E-state index in [1.807, 2.05) is 0 Å². The van der Waals surface area contributed by atoms with E-state index in [0.717, 1.165) is 17.8 Å². The fraction of sp³-hybridized carbons (Fsp3) is 0.353. The van der Waals surface area contributed by atoms with Gasteiger partial charge in [-0.1, -0.05) is 0 Å². The SMILES string of the molecule is Cc1cc(OC2CCN(S(=O)(=O)c3ccc(S(N)(=O)=O)cc3)C2)cc(=O)n1C. The van der Waals surface area contributed by atoms with E-state index in [1.165, 1.54) is 27.1 Å². The topological polar surface area (TPSA) is 129 Å². The van der Waals surface area contributed by atoms with Gasteiger partial charge in [0.1, 0.15) is 11.9 Å². The third kappa shape index (κ3) is 4.12. The number of nitrogens with two attached hydrogens (primary N) is 1. The second-order valence-electron chi connectivity index (χ2n) is 6.64. The van der Waals surface area contributed by atoms with Crippen LogP contribution < -0.4 is 15.4 Å². The summed E-state index contributed by atoms with van der Waals surface area (Å²) in [6.45, 7) is 2.17. The quantitative estimate of drug-likeness (QED) is 0.725. The maximum Gasteiger partial charge on any atom is 0.254 e.